The van der Waals surface area contributed by atoms with Crippen LogP contribution in [0.4, 0.5) is 0 Å². The van der Waals surface area contributed by atoms with E-state index in [0.717, 1.165) is 0 Å². The summed E-state index contributed by atoms with van der Waals surface area (Å²) in [4.78, 5) is 10.8. The number of ether oxygens (including phenoxy) is 2. The van der Waals surface area contributed by atoms with E-state index in [4.69, 9.17) is 9.84 Å². The van der Waals surface area contributed by atoms with Gasteiger partial charge in [0.15, 0.2) is 6.10 Å². The van der Waals surface area contributed by atoms with Crippen molar-refractivity contribution in [2.24, 2.45) is 0 Å². The van der Waals surface area contributed by atoms with Crippen molar-refractivity contribution in [2.75, 3.05) is 19.8 Å². The monoisotopic (exact) mass is 176 g/mol. The molecule has 0 saturated carbocycles. The molecule has 0 radical (unpaired) electrons. The molecule has 0 aromatic heterocycles. The van der Waals surface area contributed by atoms with Crippen LogP contribution in [0.2, 0.25) is 0 Å². The fourth-order valence-corrected chi connectivity index (χ4v) is 0.696. The van der Waals surface area contributed by atoms with Gasteiger partial charge in [0, 0.05) is 19.6 Å². The van der Waals surface area contributed by atoms with Crippen LogP contribution in [0.1, 0.15) is 20.3 Å². The minimum Gasteiger partial charge on any atom is -0.464 e. The van der Waals surface area contributed by atoms with Crippen LogP contribution >= 0.6 is 0 Å². The van der Waals surface area contributed by atoms with E-state index in [0.29, 0.717) is 26.2 Å². The molecule has 0 bridgehead atoms. The Kier molecular flexibility index (Phi) is 6.70. The smallest absolute Gasteiger partial charge is 0.335 e. The summed E-state index contributed by atoms with van der Waals surface area (Å²) in [5, 5.41) is 9.12. The number of esters is 1. The van der Waals surface area contributed by atoms with Crippen molar-refractivity contribution in [2.45, 2.75) is 26.4 Å². The van der Waals surface area contributed by atoms with E-state index in [1.165, 1.54) is 0 Å². The Labute approximate surface area is 72.5 Å². The van der Waals surface area contributed by atoms with E-state index in [9.17, 15) is 4.79 Å². The molecule has 72 valence electrons. The topological polar surface area (TPSA) is 55.8 Å². The number of rotatable bonds is 6. The number of aliphatic hydroxyl groups is 1. The summed E-state index contributed by atoms with van der Waals surface area (Å²) in [6.45, 7) is 4.83. The van der Waals surface area contributed by atoms with Crippen LogP contribution in [0.3, 0.4) is 0 Å². The molecular formula is C8H16O4. The highest BCUT2D eigenvalue weighted by Gasteiger charge is 2.14. The van der Waals surface area contributed by atoms with Crippen molar-refractivity contribution < 1.29 is 19.4 Å². The third-order valence-electron chi connectivity index (χ3n) is 1.30. The Morgan fingerprint density at radius 2 is 2.08 bits per heavy atom. The van der Waals surface area contributed by atoms with Crippen LogP contribution < -0.4 is 0 Å². The van der Waals surface area contributed by atoms with Gasteiger partial charge in [-0.05, 0) is 13.8 Å². The lowest BCUT2D eigenvalue weighted by atomic mass is 10.3. The van der Waals surface area contributed by atoms with Gasteiger partial charge < -0.3 is 14.6 Å². The molecule has 0 aliphatic carbocycles. The zero-order valence-electron chi connectivity index (χ0n) is 7.58. The van der Waals surface area contributed by atoms with Gasteiger partial charge in [0.05, 0.1) is 6.61 Å². The van der Waals surface area contributed by atoms with Gasteiger partial charge in [-0.3, -0.25) is 0 Å². The lowest BCUT2D eigenvalue weighted by Crippen LogP contribution is -2.24. The van der Waals surface area contributed by atoms with Crippen LogP contribution in [0.5, 0.6) is 0 Å². The normalized spacial score (nSPS) is 12.6. The fourth-order valence-electron chi connectivity index (χ4n) is 0.696. The van der Waals surface area contributed by atoms with E-state index < -0.39 is 12.1 Å². The summed E-state index contributed by atoms with van der Waals surface area (Å²) >= 11 is 0. The van der Waals surface area contributed by atoms with Gasteiger partial charge in [0.25, 0.3) is 0 Å². The maximum absolute atomic E-state index is 10.8. The van der Waals surface area contributed by atoms with E-state index in [1.54, 1.807) is 6.92 Å². The summed E-state index contributed by atoms with van der Waals surface area (Å²) in [5.41, 5.74) is 0. The minimum absolute atomic E-state index is 0.296. The highest BCUT2D eigenvalue weighted by molar-refractivity contribution is 5.74. The summed E-state index contributed by atoms with van der Waals surface area (Å²) in [7, 11) is 0. The SMILES string of the molecule is CCOCCC(O)C(=O)OCC. The molecule has 0 rings (SSSR count). The number of carbonyl (C=O) groups excluding carboxylic acids is 1. The maximum Gasteiger partial charge on any atom is 0.335 e. The molecule has 0 amide bonds. The number of carbonyl (C=O) groups is 1. The van der Waals surface area contributed by atoms with Crippen molar-refractivity contribution in [3.63, 3.8) is 0 Å². The van der Waals surface area contributed by atoms with Crippen LogP contribution in [0.25, 0.3) is 0 Å². The molecule has 0 saturated heterocycles. The Balaban J connectivity index is 3.42. The molecule has 0 aliphatic rings. The lowest BCUT2D eigenvalue weighted by molar-refractivity contribution is -0.153. The number of aliphatic hydroxyl groups excluding tert-OH is 1. The molecule has 0 aromatic carbocycles. The average Bonchev–Trinajstić information content (AvgIpc) is 2.05. The first-order valence-electron chi connectivity index (χ1n) is 4.14. The second-order valence-electron chi connectivity index (χ2n) is 2.25. The van der Waals surface area contributed by atoms with Gasteiger partial charge in [0.2, 0.25) is 0 Å². The van der Waals surface area contributed by atoms with Gasteiger partial charge in [-0.2, -0.15) is 0 Å². The molecule has 1 atom stereocenters. The Morgan fingerprint density at radius 3 is 2.58 bits per heavy atom. The zero-order chi connectivity index (χ0) is 9.40. The van der Waals surface area contributed by atoms with Crippen molar-refractivity contribution in [1.29, 1.82) is 0 Å². The largest absolute Gasteiger partial charge is 0.464 e. The second kappa shape index (κ2) is 7.06. The quantitative estimate of drug-likeness (QED) is 0.468. The zero-order valence-corrected chi connectivity index (χ0v) is 7.58. The molecular weight excluding hydrogens is 160 g/mol. The molecule has 0 fully saturated rings. The van der Waals surface area contributed by atoms with Gasteiger partial charge in [-0.15, -0.1) is 0 Å². The van der Waals surface area contributed by atoms with E-state index >= 15 is 0 Å². The Morgan fingerprint density at radius 1 is 1.42 bits per heavy atom. The second-order valence-corrected chi connectivity index (χ2v) is 2.25. The fraction of sp³-hybridized carbons (Fsp3) is 0.875. The highest BCUT2D eigenvalue weighted by Crippen LogP contribution is 1.95. The van der Waals surface area contributed by atoms with Crippen molar-refractivity contribution >= 4 is 5.97 Å². The van der Waals surface area contributed by atoms with E-state index in [1.807, 2.05) is 6.92 Å². The summed E-state index contributed by atoms with van der Waals surface area (Å²) in [6, 6.07) is 0. The molecule has 12 heavy (non-hydrogen) atoms. The summed E-state index contributed by atoms with van der Waals surface area (Å²) < 4.78 is 9.55. The van der Waals surface area contributed by atoms with Crippen molar-refractivity contribution in [3.05, 3.63) is 0 Å². The van der Waals surface area contributed by atoms with Crippen LogP contribution in [-0.4, -0.2) is 37.0 Å². The lowest BCUT2D eigenvalue weighted by Gasteiger charge is -2.08. The van der Waals surface area contributed by atoms with Gasteiger partial charge in [0.1, 0.15) is 0 Å². The first-order valence-corrected chi connectivity index (χ1v) is 4.14. The van der Waals surface area contributed by atoms with E-state index in [2.05, 4.69) is 4.74 Å². The average molecular weight is 176 g/mol. The van der Waals surface area contributed by atoms with Crippen molar-refractivity contribution in [1.82, 2.24) is 0 Å². The number of hydrogen-bond donors (Lipinski definition) is 1. The molecule has 0 heterocycles. The van der Waals surface area contributed by atoms with Crippen LogP contribution in [0, 0.1) is 0 Å². The van der Waals surface area contributed by atoms with Crippen LogP contribution in [0.15, 0.2) is 0 Å². The first-order chi connectivity index (χ1) is 5.72. The third kappa shape index (κ3) is 5.09. The predicted molar refractivity (Wildman–Crippen MR) is 43.7 cm³/mol. The highest BCUT2D eigenvalue weighted by atomic mass is 16.5. The minimum atomic E-state index is -1.04. The molecule has 0 aliphatic heterocycles. The molecule has 4 heteroatoms. The standard InChI is InChI=1S/C8H16O4/c1-3-11-6-5-7(9)8(10)12-4-2/h7,9H,3-6H2,1-2H3. The summed E-state index contributed by atoms with van der Waals surface area (Å²) in [6.07, 6.45) is -0.747. The molecule has 1 N–H and O–H groups in total. The van der Waals surface area contributed by atoms with Gasteiger partial charge >= 0.3 is 5.97 Å². The third-order valence-corrected chi connectivity index (χ3v) is 1.30. The van der Waals surface area contributed by atoms with Crippen molar-refractivity contribution in [3.8, 4) is 0 Å². The molecule has 4 nitrogen and oxygen atoms in total. The predicted octanol–water partition coefficient (Wildman–Crippen LogP) is 0.337. The van der Waals surface area contributed by atoms with Gasteiger partial charge in [-0.1, -0.05) is 0 Å². The van der Waals surface area contributed by atoms with E-state index in [-0.39, 0.29) is 0 Å². The Hall–Kier alpha value is -0.610. The van der Waals surface area contributed by atoms with Gasteiger partial charge in [-0.25, -0.2) is 4.79 Å². The first kappa shape index (κ1) is 11.4. The maximum atomic E-state index is 10.8. The number of hydrogen-bond acceptors (Lipinski definition) is 4. The molecule has 0 spiro atoms. The summed E-state index contributed by atoms with van der Waals surface area (Å²) in [5.74, 6) is -0.572. The molecule has 0 aromatic rings. The Bertz CT molecular complexity index is 124. The molecule has 1 unspecified atom stereocenters. The van der Waals surface area contributed by atoms with Crippen LogP contribution in [-0.2, 0) is 14.3 Å².